The van der Waals surface area contributed by atoms with Crippen molar-refractivity contribution in [3.8, 4) is 0 Å². The van der Waals surface area contributed by atoms with Gasteiger partial charge in [0.1, 0.15) is 6.04 Å². The number of halogens is 2. The maximum absolute atomic E-state index is 14.8. The molecule has 0 radical (unpaired) electrons. The Morgan fingerprint density at radius 1 is 1.29 bits per heavy atom. The molecule has 1 aliphatic heterocycles. The maximum atomic E-state index is 14.8. The number of carbonyl (C=O) groups is 2. The minimum Gasteiger partial charge on any atom is -0.481 e. The summed E-state index contributed by atoms with van der Waals surface area (Å²) in [4.78, 5) is 34.4. The molecule has 2 aliphatic rings. The van der Waals surface area contributed by atoms with Gasteiger partial charge < -0.3 is 15.2 Å². The zero-order valence-corrected chi connectivity index (χ0v) is 24.0. The molecule has 0 saturated heterocycles. The van der Waals surface area contributed by atoms with E-state index in [9.17, 15) is 23.5 Å². The fourth-order valence-corrected chi connectivity index (χ4v) is 5.91. The third-order valence-electron chi connectivity index (χ3n) is 7.55. The Hall–Kier alpha value is -3.93. The van der Waals surface area contributed by atoms with E-state index < -0.39 is 35.0 Å². The number of carbonyl (C=O) groups excluding carboxylic acids is 1. The molecule has 3 heterocycles. The van der Waals surface area contributed by atoms with E-state index in [1.54, 1.807) is 31.6 Å². The van der Waals surface area contributed by atoms with Gasteiger partial charge >= 0.3 is 11.9 Å². The van der Waals surface area contributed by atoms with E-state index in [1.807, 2.05) is 11.6 Å². The first-order valence-corrected chi connectivity index (χ1v) is 14.3. The first kappa shape index (κ1) is 28.6. The highest BCUT2D eigenvalue weighted by Crippen LogP contribution is 2.40. The van der Waals surface area contributed by atoms with Gasteiger partial charge in [-0.2, -0.15) is 5.10 Å². The Bertz CT molecular complexity index is 1560. The van der Waals surface area contributed by atoms with Gasteiger partial charge in [0, 0.05) is 29.4 Å². The van der Waals surface area contributed by atoms with Crippen molar-refractivity contribution in [2.75, 3.05) is 6.61 Å². The molecule has 12 heteroatoms. The number of aliphatic carboxylic acids is 1. The third-order valence-corrected chi connectivity index (χ3v) is 8.33. The number of hydrogen-bond acceptors (Lipinski definition) is 8. The van der Waals surface area contributed by atoms with Crippen LogP contribution in [0.4, 0.5) is 8.78 Å². The number of fused-ring (bicyclic) bond motifs is 1. The summed E-state index contributed by atoms with van der Waals surface area (Å²) < 4.78 is 36.0. The highest BCUT2D eigenvalue weighted by molar-refractivity contribution is 7.11. The fraction of sp³-hybridized carbons (Fsp3) is 0.414. The number of carboxylic acids is 1. The van der Waals surface area contributed by atoms with Crippen molar-refractivity contribution in [1.82, 2.24) is 20.1 Å². The average molecular weight is 584 g/mol. The van der Waals surface area contributed by atoms with Gasteiger partial charge in [-0.15, -0.1) is 11.3 Å². The molecule has 3 aromatic rings. The Balaban J connectivity index is 1.59. The van der Waals surface area contributed by atoms with Crippen LogP contribution in [0, 0.1) is 29.9 Å². The van der Waals surface area contributed by atoms with Crippen LogP contribution in [0.2, 0.25) is 0 Å². The molecule has 0 bridgehead atoms. The predicted molar refractivity (Wildman–Crippen MR) is 148 cm³/mol. The lowest BCUT2D eigenvalue weighted by atomic mass is 9.81. The largest absolute Gasteiger partial charge is 0.481 e. The maximum Gasteiger partial charge on any atom is 0.338 e. The summed E-state index contributed by atoms with van der Waals surface area (Å²) in [5.74, 6) is -3.21. The number of allylic oxidation sites excluding steroid dienone is 1. The second kappa shape index (κ2) is 11.2. The third kappa shape index (κ3) is 5.52. The molecule has 41 heavy (non-hydrogen) atoms. The summed E-state index contributed by atoms with van der Waals surface area (Å²) in [6.07, 6.45) is 5.30. The number of aryl methyl sites for hydroxylation is 1. The van der Waals surface area contributed by atoms with Crippen molar-refractivity contribution in [2.45, 2.75) is 59.5 Å². The Morgan fingerprint density at radius 2 is 2.07 bits per heavy atom. The Morgan fingerprint density at radius 3 is 2.76 bits per heavy atom. The molecule has 9 nitrogen and oxygen atoms in total. The van der Waals surface area contributed by atoms with E-state index in [2.05, 4.69) is 15.4 Å². The standard InChI is InChI=1S/C29H31F2N5O4S/c1-5-40-27(37)21-23(16-6-9-20-17(12-16)13-36(35-20)14-29(3,4)28(38)39)33-25(26-32-10-11-41-26)34-24(21)18-7-8-19(30)22(31)15(18)2/h7-8,10-11,13,16,24H,5-6,9,12,14H2,1-4H3,(H,33,34)(H,38,39). The second-order valence-corrected chi connectivity index (χ2v) is 11.8. The number of aromatic nitrogens is 3. The zero-order valence-electron chi connectivity index (χ0n) is 23.2. The number of amidine groups is 1. The van der Waals surface area contributed by atoms with Crippen LogP contribution in [0.15, 0.2) is 46.2 Å². The van der Waals surface area contributed by atoms with Gasteiger partial charge in [0.2, 0.25) is 0 Å². The number of esters is 1. The van der Waals surface area contributed by atoms with E-state index in [1.165, 1.54) is 24.3 Å². The molecule has 216 valence electrons. The number of benzene rings is 1. The molecular formula is C29H31F2N5O4S. The van der Waals surface area contributed by atoms with Crippen molar-refractivity contribution in [1.29, 1.82) is 0 Å². The summed E-state index contributed by atoms with van der Waals surface area (Å²) in [6, 6.07) is 1.55. The zero-order chi connectivity index (χ0) is 29.5. The summed E-state index contributed by atoms with van der Waals surface area (Å²) in [5, 5.41) is 20.0. The van der Waals surface area contributed by atoms with E-state index >= 15 is 0 Å². The highest BCUT2D eigenvalue weighted by atomic mass is 32.1. The molecule has 5 rings (SSSR count). The molecule has 0 saturated carbocycles. The molecule has 2 N–H and O–H groups in total. The number of thiazole rings is 1. The first-order chi connectivity index (χ1) is 19.5. The van der Waals surface area contributed by atoms with Gasteiger partial charge in [0.25, 0.3) is 0 Å². The topological polar surface area (TPSA) is 119 Å². The first-order valence-electron chi connectivity index (χ1n) is 13.4. The molecule has 2 unspecified atom stereocenters. The van der Waals surface area contributed by atoms with E-state index in [0.717, 1.165) is 17.3 Å². The minimum atomic E-state index is -0.993. The van der Waals surface area contributed by atoms with Crippen LogP contribution in [0.3, 0.4) is 0 Å². The van der Waals surface area contributed by atoms with Gasteiger partial charge in [-0.05, 0) is 69.7 Å². The normalized spacial score (nSPS) is 18.9. The van der Waals surface area contributed by atoms with Gasteiger partial charge in [0.15, 0.2) is 22.5 Å². The van der Waals surface area contributed by atoms with E-state index in [-0.39, 0.29) is 30.2 Å². The van der Waals surface area contributed by atoms with Crippen LogP contribution in [0.5, 0.6) is 0 Å². The van der Waals surface area contributed by atoms with Crippen LogP contribution in [-0.4, -0.2) is 44.3 Å². The van der Waals surface area contributed by atoms with E-state index in [4.69, 9.17) is 9.73 Å². The van der Waals surface area contributed by atoms with Gasteiger partial charge in [0.05, 0.1) is 29.8 Å². The number of nitrogens with one attached hydrogen (secondary N) is 1. The minimum absolute atomic E-state index is 0.0635. The van der Waals surface area contributed by atoms with Gasteiger partial charge in [-0.3, -0.25) is 14.5 Å². The molecule has 0 spiro atoms. The molecule has 1 aliphatic carbocycles. The molecular weight excluding hydrogens is 552 g/mol. The van der Waals surface area contributed by atoms with Crippen LogP contribution in [-0.2, 0) is 33.7 Å². The number of ether oxygens (including phenoxy) is 1. The summed E-state index contributed by atoms with van der Waals surface area (Å²) >= 11 is 1.37. The number of aliphatic imine (C=N–C) groups is 1. The van der Waals surface area contributed by atoms with Crippen LogP contribution in [0.25, 0.3) is 0 Å². The smallest absolute Gasteiger partial charge is 0.338 e. The van der Waals surface area contributed by atoms with Crippen molar-refractivity contribution < 1.29 is 28.2 Å². The number of rotatable bonds is 8. The SMILES string of the molecule is CCOC(=O)C1=C(C2CCc3nn(CC(C)(C)C(=O)O)cc3C2)NC(c2nccs2)=NC1c1ccc(F)c(F)c1C. The lowest BCUT2D eigenvalue weighted by Gasteiger charge is -2.33. The number of nitrogens with zero attached hydrogens (tertiary/aromatic N) is 4. The van der Waals surface area contributed by atoms with Crippen molar-refractivity contribution in [3.63, 3.8) is 0 Å². The summed E-state index contributed by atoms with van der Waals surface area (Å²) in [7, 11) is 0. The lowest BCUT2D eigenvalue weighted by Crippen LogP contribution is -2.38. The highest BCUT2D eigenvalue weighted by Gasteiger charge is 2.38. The van der Waals surface area contributed by atoms with Crippen molar-refractivity contribution in [2.24, 2.45) is 16.3 Å². The van der Waals surface area contributed by atoms with Gasteiger partial charge in [-0.25, -0.2) is 18.6 Å². The van der Waals surface area contributed by atoms with Crippen LogP contribution >= 0.6 is 11.3 Å². The summed E-state index contributed by atoms with van der Waals surface area (Å²) in [6.45, 7) is 6.83. The quantitative estimate of drug-likeness (QED) is 0.368. The lowest BCUT2D eigenvalue weighted by molar-refractivity contribution is -0.147. The van der Waals surface area contributed by atoms with Crippen molar-refractivity contribution in [3.05, 3.63) is 80.2 Å². The number of hydrogen-bond donors (Lipinski definition) is 2. The monoisotopic (exact) mass is 583 g/mol. The van der Waals surface area contributed by atoms with Crippen LogP contribution in [0.1, 0.15) is 60.6 Å². The second-order valence-electron chi connectivity index (χ2n) is 10.9. The number of carboxylic acid groups (broad SMARTS) is 1. The summed E-state index contributed by atoms with van der Waals surface area (Å²) in [5.41, 5.74) is 2.12. The molecule has 2 aromatic heterocycles. The molecule has 0 fully saturated rings. The fourth-order valence-electron chi connectivity index (χ4n) is 5.32. The molecule has 0 amide bonds. The molecule has 2 atom stereocenters. The molecule has 1 aromatic carbocycles. The van der Waals surface area contributed by atoms with Gasteiger partial charge in [-0.1, -0.05) is 6.07 Å². The van der Waals surface area contributed by atoms with Crippen LogP contribution < -0.4 is 5.32 Å². The predicted octanol–water partition coefficient (Wildman–Crippen LogP) is 4.75. The van der Waals surface area contributed by atoms with Crippen molar-refractivity contribution >= 4 is 29.1 Å². The Labute approximate surface area is 240 Å². The Kier molecular flexibility index (Phi) is 7.78. The van der Waals surface area contributed by atoms with E-state index in [0.29, 0.717) is 41.4 Å². The average Bonchev–Trinajstić information content (AvgIpc) is 3.60.